The third kappa shape index (κ3) is 4.11. The van der Waals surface area contributed by atoms with E-state index in [0.717, 1.165) is 32.7 Å². The number of hydrogen-bond acceptors (Lipinski definition) is 3. The first kappa shape index (κ1) is 14.2. The number of carbonyl (C=O) groups excluding carboxylic acids is 1. The topological polar surface area (TPSA) is 29.5 Å². The van der Waals surface area contributed by atoms with Crippen LogP contribution in [0, 0.1) is 5.82 Å². The summed E-state index contributed by atoms with van der Waals surface area (Å²) in [6.45, 7) is 5.53. The number of benzene rings is 1. The molecule has 0 amide bonds. The molecule has 3 nitrogen and oxygen atoms in total. The van der Waals surface area contributed by atoms with Gasteiger partial charge in [0, 0.05) is 24.6 Å². The highest BCUT2D eigenvalue weighted by atomic mass is 19.1. The highest BCUT2D eigenvalue weighted by Gasteiger charge is 2.18. The molecule has 1 heterocycles. The van der Waals surface area contributed by atoms with Crippen LogP contribution in [0.5, 0.6) is 0 Å². The molecule has 1 aliphatic heterocycles. The van der Waals surface area contributed by atoms with Gasteiger partial charge in [0.15, 0.2) is 5.78 Å². The summed E-state index contributed by atoms with van der Waals surface area (Å²) < 4.78 is 18.1. The molecule has 0 radical (unpaired) electrons. The van der Waals surface area contributed by atoms with Crippen molar-refractivity contribution in [3.8, 4) is 0 Å². The highest BCUT2D eigenvalue weighted by molar-refractivity contribution is 5.95. The van der Waals surface area contributed by atoms with Gasteiger partial charge in [0.25, 0.3) is 0 Å². The van der Waals surface area contributed by atoms with E-state index in [1.165, 1.54) is 12.1 Å². The zero-order valence-electron chi connectivity index (χ0n) is 11.3. The van der Waals surface area contributed by atoms with Crippen molar-refractivity contribution in [1.82, 2.24) is 4.90 Å². The molecule has 0 aliphatic carbocycles. The van der Waals surface area contributed by atoms with Crippen molar-refractivity contribution >= 4 is 5.78 Å². The predicted molar refractivity (Wildman–Crippen MR) is 71.8 cm³/mol. The van der Waals surface area contributed by atoms with Gasteiger partial charge in [0.1, 0.15) is 5.82 Å². The van der Waals surface area contributed by atoms with Crippen LogP contribution < -0.4 is 0 Å². The zero-order valence-corrected chi connectivity index (χ0v) is 11.3. The lowest BCUT2D eigenvalue weighted by atomic mass is 10.1. The number of ketones is 1. The van der Waals surface area contributed by atoms with Gasteiger partial charge in [-0.25, -0.2) is 4.39 Å². The molecule has 104 valence electrons. The average Bonchev–Trinajstić information content (AvgIpc) is 2.41. The maximum Gasteiger partial charge on any atom is 0.162 e. The Bertz CT molecular complexity index is 419. The van der Waals surface area contributed by atoms with E-state index in [2.05, 4.69) is 11.8 Å². The Kier molecular flexibility index (Phi) is 5.05. The maximum absolute atomic E-state index is 12.8. The second-order valence-corrected chi connectivity index (χ2v) is 4.99. The Hall–Kier alpha value is -1.26. The van der Waals surface area contributed by atoms with Gasteiger partial charge in [-0.15, -0.1) is 0 Å². The van der Waals surface area contributed by atoms with E-state index >= 15 is 0 Å². The van der Waals surface area contributed by atoms with E-state index in [0.29, 0.717) is 18.0 Å². The monoisotopic (exact) mass is 265 g/mol. The third-order valence-electron chi connectivity index (χ3n) is 3.52. The van der Waals surface area contributed by atoms with E-state index < -0.39 is 0 Å². The van der Waals surface area contributed by atoms with E-state index in [1.54, 1.807) is 12.1 Å². The lowest BCUT2D eigenvalue weighted by Gasteiger charge is -2.33. The second-order valence-electron chi connectivity index (χ2n) is 4.99. The fraction of sp³-hybridized carbons (Fsp3) is 0.533. The average molecular weight is 265 g/mol. The molecule has 2 rings (SSSR count). The van der Waals surface area contributed by atoms with Crippen molar-refractivity contribution in [3.05, 3.63) is 35.6 Å². The lowest BCUT2D eigenvalue weighted by Crippen LogP contribution is -2.44. The number of Topliss-reactive ketones (excluding diaryl/α,β-unsaturated/α-hetero) is 1. The highest BCUT2D eigenvalue weighted by Crippen LogP contribution is 2.10. The number of nitrogens with zero attached hydrogens (tertiary/aromatic N) is 1. The molecule has 1 atom stereocenters. The quantitative estimate of drug-likeness (QED) is 0.766. The number of halogens is 1. The van der Waals surface area contributed by atoms with Crippen LogP contribution in [0.4, 0.5) is 4.39 Å². The van der Waals surface area contributed by atoms with Gasteiger partial charge < -0.3 is 4.74 Å². The molecule has 1 aliphatic rings. The van der Waals surface area contributed by atoms with Crippen molar-refractivity contribution in [2.45, 2.75) is 25.8 Å². The van der Waals surface area contributed by atoms with Crippen LogP contribution in [-0.2, 0) is 4.74 Å². The molecule has 0 spiro atoms. The molecule has 1 saturated heterocycles. The van der Waals surface area contributed by atoms with Gasteiger partial charge in [-0.05, 0) is 44.2 Å². The SMILES string of the molecule is CC1COCCN1CCCC(=O)c1ccc(F)cc1. The molecule has 0 aromatic heterocycles. The third-order valence-corrected chi connectivity index (χ3v) is 3.52. The fourth-order valence-electron chi connectivity index (χ4n) is 2.32. The lowest BCUT2D eigenvalue weighted by molar-refractivity contribution is -0.000722. The Labute approximate surface area is 113 Å². The van der Waals surface area contributed by atoms with Gasteiger partial charge in [0.2, 0.25) is 0 Å². The van der Waals surface area contributed by atoms with Crippen molar-refractivity contribution < 1.29 is 13.9 Å². The zero-order chi connectivity index (χ0) is 13.7. The van der Waals surface area contributed by atoms with E-state index in [4.69, 9.17) is 4.74 Å². The normalized spacial score (nSPS) is 20.4. The van der Waals surface area contributed by atoms with Crippen LogP contribution in [0.1, 0.15) is 30.1 Å². The summed E-state index contributed by atoms with van der Waals surface area (Å²) >= 11 is 0. The number of ether oxygens (including phenoxy) is 1. The summed E-state index contributed by atoms with van der Waals surface area (Å²) in [6, 6.07) is 6.19. The maximum atomic E-state index is 12.8. The van der Waals surface area contributed by atoms with Gasteiger partial charge in [-0.3, -0.25) is 9.69 Å². The smallest absolute Gasteiger partial charge is 0.162 e. The van der Waals surface area contributed by atoms with Crippen molar-refractivity contribution in [2.75, 3.05) is 26.3 Å². The van der Waals surface area contributed by atoms with Crippen molar-refractivity contribution in [3.63, 3.8) is 0 Å². The summed E-state index contributed by atoms with van der Waals surface area (Å²) in [4.78, 5) is 14.3. The Morgan fingerprint density at radius 1 is 1.42 bits per heavy atom. The Morgan fingerprint density at radius 2 is 2.16 bits per heavy atom. The summed E-state index contributed by atoms with van der Waals surface area (Å²) in [5, 5.41) is 0. The summed E-state index contributed by atoms with van der Waals surface area (Å²) in [5.74, 6) is -0.223. The van der Waals surface area contributed by atoms with Crippen LogP contribution in [0.15, 0.2) is 24.3 Å². The standard InChI is InChI=1S/C15H20FNO2/c1-12-11-19-10-9-17(12)8-2-3-15(18)13-4-6-14(16)7-5-13/h4-7,12H,2-3,8-11H2,1H3. The molecule has 1 fully saturated rings. The molecular weight excluding hydrogens is 245 g/mol. The van der Waals surface area contributed by atoms with Crippen LogP contribution in [0.3, 0.4) is 0 Å². The molecule has 4 heteroatoms. The predicted octanol–water partition coefficient (Wildman–Crippen LogP) is 2.51. The van der Waals surface area contributed by atoms with Crippen molar-refractivity contribution in [2.24, 2.45) is 0 Å². The first-order chi connectivity index (χ1) is 9.16. The molecule has 1 aromatic carbocycles. The van der Waals surface area contributed by atoms with Gasteiger partial charge >= 0.3 is 0 Å². The van der Waals surface area contributed by atoms with Gasteiger partial charge in [0.05, 0.1) is 13.2 Å². The number of rotatable bonds is 5. The summed E-state index contributed by atoms with van der Waals surface area (Å²) in [5.41, 5.74) is 0.594. The van der Waals surface area contributed by atoms with E-state index in [-0.39, 0.29) is 11.6 Å². The molecular formula is C15H20FNO2. The number of carbonyl (C=O) groups is 1. The van der Waals surface area contributed by atoms with Crippen LogP contribution in [0.2, 0.25) is 0 Å². The number of hydrogen-bond donors (Lipinski definition) is 0. The fourth-order valence-corrected chi connectivity index (χ4v) is 2.32. The molecule has 1 aromatic rings. The molecule has 0 N–H and O–H groups in total. The Morgan fingerprint density at radius 3 is 2.84 bits per heavy atom. The second kappa shape index (κ2) is 6.78. The first-order valence-corrected chi connectivity index (χ1v) is 6.77. The molecule has 0 bridgehead atoms. The van der Waals surface area contributed by atoms with Crippen LogP contribution in [0.25, 0.3) is 0 Å². The van der Waals surface area contributed by atoms with Crippen LogP contribution in [-0.4, -0.2) is 43.0 Å². The van der Waals surface area contributed by atoms with Crippen molar-refractivity contribution in [1.29, 1.82) is 0 Å². The van der Waals surface area contributed by atoms with Crippen LogP contribution >= 0.6 is 0 Å². The molecule has 0 saturated carbocycles. The Balaban J connectivity index is 1.76. The van der Waals surface area contributed by atoms with Gasteiger partial charge in [-0.2, -0.15) is 0 Å². The largest absolute Gasteiger partial charge is 0.379 e. The minimum atomic E-state index is -0.307. The van der Waals surface area contributed by atoms with Gasteiger partial charge in [-0.1, -0.05) is 0 Å². The van der Waals surface area contributed by atoms with E-state index in [1.807, 2.05) is 0 Å². The minimum absolute atomic E-state index is 0.0842. The number of morpholine rings is 1. The first-order valence-electron chi connectivity index (χ1n) is 6.77. The molecule has 1 unspecified atom stereocenters. The summed E-state index contributed by atoms with van der Waals surface area (Å²) in [7, 11) is 0. The molecule has 19 heavy (non-hydrogen) atoms. The van der Waals surface area contributed by atoms with E-state index in [9.17, 15) is 9.18 Å². The summed E-state index contributed by atoms with van der Waals surface area (Å²) in [6.07, 6.45) is 1.34. The minimum Gasteiger partial charge on any atom is -0.379 e.